The van der Waals surface area contributed by atoms with Gasteiger partial charge >= 0.3 is 0 Å². The van der Waals surface area contributed by atoms with Gasteiger partial charge in [-0.2, -0.15) is 0 Å². The summed E-state index contributed by atoms with van der Waals surface area (Å²) in [5, 5.41) is 6.19. The van der Waals surface area contributed by atoms with Crippen LogP contribution in [0.25, 0.3) is 0 Å². The molecule has 0 aliphatic heterocycles. The van der Waals surface area contributed by atoms with Gasteiger partial charge in [-0.25, -0.2) is 0 Å². The summed E-state index contributed by atoms with van der Waals surface area (Å²) in [5.74, 6) is -0.465. The van der Waals surface area contributed by atoms with Crippen LogP contribution >= 0.6 is 23.2 Å². The summed E-state index contributed by atoms with van der Waals surface area (Å²) in [6, 6.07) is 12.3. The minimum atomic E-state index is -0.416. The summed E-state index contributed by atoms with van der Waals surface area (Å²) < 4.78 is 0. The number of rotatable bonds is 5. The third-order valence-electron chi connectivity index (χ3n) is 3.47. The van der Waals surface area contributed by atoms with Gasteiger partial charge < -0.3 is 10.6 Å². The summed E-state index contributed by atoms with van der Waals surface area (Å²) in [5.41, 5.74) is 2.42. The Morgan fingerprint density at radius 3 is 2.38 bits per heavy atom. The van der Waals surface area contributed by atoms with E-state index in [0.29, 0.717) is 15.7 Å². The van der Waals surface area contributed by atoms with Crippen molar-refractivity contribution in [1.29, 1.82) is 0 Å². The molecule has 2 N–H and O–H groups in total. The summed E-state index contributed by atoms with van der Waals surface area (Å²) >= 11 is 12.0. The first-order valence-corrected chi connectivity index (χ1v) is 8.20. The van der Waals surface area contributed by atoms with Crippen molar-refractivity contribution in [3.05, 3.63) is 63.6 Å². The zero-order valence-electron chi connectivity index (χ0n) is 13.4. The Balaban J connectivity index is 2.13. The van der Waals surface area contributed by atoms with Gasteiger partial charge in [0.1, 0.15) is 0 Å². The van der Waals surface area contributed by atoms with E-state index in [9.17, 15) is 9.59 Å². The average Bonchev–Trinajstić information content (AvgIpc) is 2.51. The normalized spacial score (nSPS) is 11.7. The maximum Gasteiger partial charge on any atom is 0.226 e. The van der Waals surface area contributed by atoms with Crippen molar-refractivity contribution in [3.63, 3.8) is 0 Å². The van der Waals surface area contributed by atoms with E-state index in [2.05, 4.69) is 10.6 Å². The van der Waals surface area contributed by atoms with Crippen LogP contribution in [0.15, 0.2) is 42.5 Å². The van der Waals surface area contributed by atoms with Crippen molar-refractivity contribution >= 4 is 40.7 Å². The molecule has 1 unspecified atom stereocenters. The Labute approximate surface area is 151 Å². The number of hydrogen-bond donors (Lipinski definition) is 2. The van der Waals surface area contributed by atoms with Gasteiger partial charge in [-0.15, -0.1) is 0 Å². The monoisotopic (exact) mass is 364 g/mol. The first-order chi connectivity index (χ1) is 11.4. The van der Waals surface area contributed by atoms with Crippen LogP contribution in [0.5, 0.6) is 0 Å². The lowest BCUT2D eigenvalue weighted by Gasteiger charge is -2.18. The number of anilines is 1. The van der Waals surface area contributed by atoms with Crippen LogP contribution in [-0.2, 0) is 9.59 Å². The fraction of sp³-hybridized carbons (Fsp3) is 0.222. The number of halogens is 2. The van der Waals surface area contributed by atoms with Gasteiger partial charge in [0.05, 0.1) is 28.2 Å². The van der Waals surface area contributed by atoms with Crippen LogP contribution in [0.1, 0.15) is 30.5 Å². The SMILES string of the molecule is CC(=O)NC(CC(=O)Nc1cccc(Cl)c1Cl)c1ccc(C)cc1. The molecule has 2 aromatic carbocycles. The predicted molar refractivity (Wildman–Crippen MR) is 97.4 cm³/mol. The van der Waals surface area contributed by atoms with Crippen molar-refractivity contribution in [2.45, 2.75) is 26.3 Å². The Morgan fingerprint density at radius 1 is 1.08 bits per heavy atom. The van der Waals surface area contributed by atoms with Crippen molar-refractivity contribution < 1.29 is 9.59 Å². The Morgan fingerprint density at radius 2 is 1.75 bits per heavy atom. The topological polar surface area (TPSA) is 58.2 Å². The summed E-state index contributed by atoms with van der Waals surface area (Å²) in [7, 11) is 0. The first kappa shape index (κ1) is 18.3. The molecule has 0 aliphatic carbocycles. The van der Waals surface area contributed by atoms with Gasteiger partial charge in [-0.1, -0.05) is 59.1 Å². The molecule has 0 saturated carbocycles. The molecule has 2 aromatic rings. The predicted octanol–water partition coefficient (Wildman–Crippen LogP) is 4.51. The van der Waals surface area contributed by atoms with Gasteiger partial charge in [0, 0.05) is 6.92 Å². The maximum absolute atomic E-state index is 12.3. The van der Waals surface area contributed by atoms with Gasteiger partial charge in [-0.3, -0.25) is 9.59 Å². The number of benzene rings is 2. The second-order valence-electron chi connectivity index (χ2n) is 5.52. The van der Waals surface area contributed by atoms with Crippen molar-refractivity contribution in [1.82, 2.24) is 5.32 Å². The third-order valence-corrected chi connectivity index (χ3v) is 4.29. The summed E-state index contributed by atoms with van der Waals surface area (Å²) in [6.45, 7) is 3.40. The highest BCUT2D eigenvalue weighted by atomic mass is 35.5. The van der Waals surface area contributed by atoms with Gasteiger partial charge in [0.25, 0.3) is 0 Å². The molecule has 0 radical (unpaired) electrons. The lowest BCUT2D eigenvalue weighted by Crippen LogP contribution is -2.29. The van der Waals surface area contributed by atoms with E-state index >= 15 is 0 Å². The number of carbonyl (C=O) groups excluding carboxylic acids is 2. The Kier molecular flexibility index (Phi) is 6.23. The molecule has 4 nitrogen and oxygen atoms in total. The van der Waals surface area contributed by atoms with Gasteiger partial charge in [0.2, 0.25) is 11.8 Å². The molecule has 6 heteroatoms. The first-order valence-electron chi connectivity index (χ1n) is 7.44. The highest BCUT2D eigenvalue weighted by molar-refractivity contribution is 6.43. The lowest BCUT2D eigenvalue weighted by atomic mass is 10.0. The zero-order valence-corrected chi connectivity index (χ0v) is 14.9. The fourth-order valence-electron chi connectivity index (χ4n) is 2.28. The summed E-state index contributed by atoms with van der Waals surface area (Å²) in [4.78, 5) is 23.8. The van der Waals surface area contributed by atoms with Crippen molar-refractivity contribution in [2.75, 3.05) is 5.32 Å². The second kappa shape index (κ2) is 8.18. The lowest BCUT2D eigenvalue weighted by molar-refractivity contribution is -0.120. The minimum Gasteiger partial charge on any atom is -0.349 e. The molecule has 24 heavy (non-hydrogen) atoms. The second-order valence-corrected chi connectivity index (χ2v) is 6.30. The van der Waals surface area contributed by atoms with Crippen LogP contribution in [0.3, 0.4) is 0 Å². The molecule has 0 bridgehead atoms. The van der Waals surface area contributed by atoms with E-state index in [1.807, 2.05) is 31.2 Å². The quantitative estimate of drug-likeness (QED) is 0.819. The highest BCUT2D eigenvalue weighted by Crippen LogP contribution is 2.30. The van der Waals surface area contributed by atoms with Crippen LogP contribution in [0.4, 0.5) is 5.69 Å². The molecule has 0 heterocycles. The van der Waals surface area contributed by atoms with E-state index in [-0.39, 0.29) is 18.2 Å². The summed E-state index contributed by atoms with van der Waals surface area (Å²) in [6.07, 6.45) is 0.0888. The molecular formula is C18H18Cl2N2O2. The molecule has 0 aromatic heterocycles. The number of hydrogen-bond acceptors (Lipinski definition) is 2. The van der Waals surface area contributed by atoms with E-state index in [1.54, 1.807) is 18.2 Å². The Bertz CT molecular complexity index is 745. The minimum absolute atomic E-state index is 0.0888. The van der Waals surface area contributed by atoms with Crippen LogP contribution in [0.2, 0.25) is 10.0 Å². The molecule has 2 amide bonds. The van der Waals surface area contributed by atoms with Gasteiger partial charge in [-0.05, 0) is 24.6 Å². The van der Waals surface area contributed by atoms with E-state index in [1.165, 1.54) is 6.92 Å². The molecule has 0 spiro atoms. The number of amides is 2. The van der Waals surface area contributed by atoms with E-state index in [0.717, 1.165) is 11.1 Å². The zero-order chi connectivity index (χ0) is 17.7. The Hall–Kier alpha value is -2.04. The molecule has 1 atom stereocenters. The van der Waals surface area contributed by atoms with Crippen molar-refractivity contribution in [3.8, 4) is 0 Å². The molecule has 0 saturated heterocycles. The van der Waals surface area contributed by atoms with Crippen LogP contribution in [0, 0.1) is 6.92 Å². The molecular weight excluding hydrogens is 347 g/mol. The standard InChI is InChI=1S/C18H18Cl2N2O2/c1-11-6-8-13(9-7-11)16(21-12(2)23)10-17(24)22-15-5-3-4-14(19)18(15)20/h3-9,16H,10H2,1-2H3,(H,21,23)(H,22,24). The van der Waals surface area contributed by atoms with Crippen molar-refractivity contribution in [2.24, 2.45) is 0 Å². The highest BCUT2D eigenvalue weighted by Gasteiger charge is 2.18. The van der Waals surface area contributed by atoms with Crippen LogP contribution < -0.4 is 10.6 Å². The smallest absolute Gasteiger partial charge is 0.226 e. The maximum atomic E-state index is 12.3. The number of aryl methyl sites for hydroxylation is 1. The molecule has 0 aliphatic rings. The molecule has 2 rings (SSSR count). The van der Waals surface area contributed by atoms with E-state index in [4.69, 9.17) is 23.2 Å². The van der Waals surface area contributed by atoms with Crippen LogP contribution in [-0.4, -0.2) is 11.8 Å². The molecule has 0 fully saturated rings. The third kappa shape index (κ3) is 4.98. The largest absolute Gasteiger partial charge is 0.349 e. The molecule has 126 valence electrons. The van der Waals surface area contributed by atoms with Gasteiger partial charge in [0.15, 0.2) is 0 Å². The van der Waals surface area contributed by atoms with E-state index < -0.39 is 6.04 Å². The number of carbonyl (C=O) groups is 2. The average molecular weight is 365 g/mol. The fourth-order valence-corrected chi connectivity index (χ4v) is 2.63. The number of nitrogens with one attached hydrogen (secondary N) is 2.